The first kappa shape index (κ1) is 16.8. The fourth-order valence-electron chi connectivity index (χ4n) is 3.45. The molecule has 0 spiro atoms. The van der Waals surface area contributed by atoms with Crippen molar-refractivity contribution in [1.82, 2.24) is 14.4 Å². The van der Waals surface area contributed by atoms with Gasteiger partial charge in [-0.05, 0) is 34.1 Å². The van der Waals surface area contributed by atoms with Crippen molar-refractivity contribution in [2.75, 3.05) is 26.2 Å². The van der Waals surface area contributed by atoms with E-state index in [9.17, 15) is 4.79 Å². The lowest BCUT2D eigenvalue weighted by atomic mass is 10.1. The molecule has 4 nitrogen and oxygen atoms in total. The van der Waals surface area contributed by atoms with Crippen molar-refractivity contribution in [3.8, 4) is 0 Å². The smallest absolute Gasteiger partial charge is 0.256 e. The first-order valence-corrected chi connectivity index (χ1v) is 10.0. The number of aromatic nitrogens is 1. The zero-order valence-corrected chi connectivity index (χ0v) is 16.5. The van der Waals surface area contributed by atoms with Crippen molar-refractivity contribution in [2.24, 2.45) is 7.05 Å². The second kappa shape index (κ2) is 6.94. The van der Waals surface area contributed by atoms with Crippen LogP contribution in [-0.4, -0.2) is 46.5 Å². The molecule has 1 saturated heterocycles. The summed E-state index contributed by atoms with van der Waals surface area (Å²) in [5, 5.41) is 1.04. The summed E-state index contributed by atoms with van der Waals surface area (Å²) < 4.78 is 3.21. The minimum absolute atomic E-state index is 0.148. The minimum Gasteiger partial charge on any atom is -0.350 e. The van der Waals surface area contributed by atoms with Crippen molar-refractivity contribution >= 4 is 44.1 Å². The van der Waals surface area contributed by atoms with Crippen molar-refractivity contribution in [3.63, 3.8) is 0 Å². The Morgan fingerprint density at radius 1 is 1.12 bits per heavy atom. The molecule has 4 rings (SSSR count). The van der Waals surface area contributed by atoms with Gasteiger partial charge in [-0.1, -0.05) is 18.2 Å². The van der Waals surface area contributed by atoms with Crippen LogP contribution in [0.1, 0.15) is 15.2 Å². The zero-order valence-electron chi connectivity index (χ0n) is 14.1. The fraction of sp³-hybridized carbons (Fsp3) is 0.316. The Bertz CT molecular complexity index is 908. The number of nitrogens with zero attached hydrogens (tertiary/aromatic N) is 3. The first-order chi connectivity index (χ1) is 12.1. The van der Waals surface area contributed by atoms with E-state index in [1.54, 1.807) is 11.3 Å². The Hall–Kier alpha value is -1.63. The van der Waals surface area contributed by atoms with Gasteiger partial charge < -0.3 is 9.47 Å². The number of aryl methyl sites for hydroxylation is 1. The second-order valence-electron chi connectivity index (χ2n) is 6.44. The van der Waals surface area contributed by atoms with Gasteiger partial charge in [0, 0.05) is 61.7 Å². The van der Waals surface area contributed by atoms with Gasteiger partial charge in [-0.15, -0.1) is 11.3 Å². The topological polar surface area (TPSA) is 28.5 Å². The van der Waals surface area contributed by atoms with E-state index in [2.05, 4.69) is 39.0 Å². The van der Waals surface area contributed by atoms with Gasteiger partial charge in [0.15, 0.2) is 0 Å². The Labute approximate surface area is 159 Å². The van der Waals surface area contributed by atoms with Gasteiger partial charge in [0.25, 0.3) is 5.91 Å². The summed E-state index contributed by atoms with van der Waals surface area (Å²) in [4.78, 5) is 18.8. The number of amides is 1. The summed E-state index contributed by atoms with van der Waals surface area (Å²) >= 11 is 5.30. The molecule has 0 atom stereocenters. The second-order valence-corrected chi connectivity index (χ2v) is 8.99. The van der Waals surface area contributed by atoms with Gasteiger partial charge in [-0.25, -0.2) is 0 Å². The van der Waals surface area contributed by atoms with Gasteiger partial charge in [-0.3, -0.25) is 9.69 Å². The Kier molecular flexibility index (Phi) is 4.67. The molecule has 1 aromatic carbocycles. The number of hydrogen-bond donors (Lipinski definition) is 0. The quantitative estimate of drug-likeness (QED) is 0.644. The molecule has 0 unspecified atom stereocenters. The van der Waals surface area contributed by atoms with Gasteiger partial charge in [0.05, 0.1) is 9.35 Å². The van der Waals surface area contributed by atoms with Crippen LogP contribution in [0.3, 0.4) is 0 Å². The number of thiophene rings is 1. The molecular weight excluding hydrogens is 398 g/mol. The lowest BCUT2D eigenvalue weighted by Crippen LogP contribution is -2.48. The predicted octanol–water partition coefficient (Wildman–Crippen LogP) is 3.96. The van der Waals surface area contributed by atoms with E-state index in [0.29, 0.717) is 0 Å². The van der Waals surface area contributed by atoms with Crippen molar-refractivity contribution < 1.29 is 4.79 Å². The lowest BCUT2D eigenvalue weighted by molar-refractivity contribution is 0.0631. The number of carbonyl (C=O) groups excluding carboxylic acids is 1. The molecule has 0 N–H and O–H groups in total. The van der Waals surface area contributed by atoms with Gasteiger partial charge in [-0.2, -0.15) is 0 Å². The molecule has 0 saturated carbocycles. The first-order valence-electron chi connectivity index (χ1n) is 8.42. The van der Waals surface area contributed by atoms with E-state index in [0.717, 1.165) is 49.2 Å². The predicted molar refractivity (Wildman–Crippen MR) is 106 cm³/mol. The molecule has 0 radical (unpaired) electrons. The van der Waals surface area contributed by atoms with Crippen molar-refractivity contribution in [3.05, 3.63) is 56.8 Å². The molecule has 3 heterocycles. The van der Waals surface area contributed by atoms with Crippen LogP contribution in [0.4, 0.5) is 0 Å². The van der Waals surface area contributed by atoms with Gasteiger partial charge >= 0.3 is 0 Å². The third kappa shape index (κ3) is 3.38. The van der Waals surface area contributed by atoms with Crippen LogP contribution in [-0.2, 0) is 13.6 Å². The fourth-order valence-corrected chi connectivity index (χ4v) is 4.97. The maximum absolute atomic E-state index is 13.0. The number of hydrogen-bond acceptors (Lipinski definition) is 3. The molecule has 0 aliphatic carbocycles. The zero-order chi connectivity index (χ0) is 17.4. The van der Waals surface area contributed by atoms with Gasteiger partial charge in [0.1, 0.15) is 0 Å². The van der Waals surface area contributed by atoms with Crippen LogP contribution < -0.4 is 0 Å². The summed E-state index contributed by atoms with van der Waals surface area (Å²) in [5.41, 5.74) is 1.92. The molecule has 1 amide bonds. The Morgan fingerprint density at radius 2 is 1.88 bits per heavy atom. The number of fused-ring (bicyclic) bond motifs is 1. The van der Waals surface area contributed by atoms with Crippen LogP contribution in [0.2, 0.25) is 0 Å². The van der Waals surface area contributed by atoms with E-state index in [4.69, 9.17) is 0 Å². The van der Waals surface area contributed by atoms with Gasteiger partial charge in [0.2, 0.25) is 0 Å². The summed E-state index contributed by atoms with van der Waals surface area (Å²) in [6, 6.07) is 12.4. The van der Waals surface area contributed by atoms with Crippen molar-refractivity contribution in [1.29, 1.82) is 0 Å². The highest BCUT2D eigenvalue weighted by Crippen LogP contribution is 2.25. The minimum atomic E-state index is 0.148. The molecule has 130 valence electrons. The maximum Gasteiger partial charge on any atom is 0.256 e. The number of rotatable bonds is 3. The Morgan fingerprint density at radius 3 is 2.60 bits per heavy atom. The number of carbonyl (C=O) groups is 1. The normalized spacial score (nSPS) is 15.8. The van der Waals surface area contributed by atoms with E-state index in [-0.39, 0.29) is 5.91 Å². The average Bonchev–Trinajstić information content (AvgIpc) is 3.19. The molecule has 0 bridgehead atoms. The molecule has 25 heavy (non-hydrogen) atoms. The molecule has 3 aromatic rings. The lowest BCUT2D eigenvalue weighted by Gasteiger charge is -2.34. The number of para-hydroxylation sites is 1. The number of halogens is 1. The van der Waals surface area contributed by atoms with Crippen LogP contribution >= 0.6 is 27.3 Å². The average molecular weight is 418 g/mol. The largest absolute Gasteiger partial charge is 0.350 e. The summed E-state index contributed by atoms with van der Waals surface area (Å²) in [7, 11) is 2.00. The van der Waals surface area contributed by atoms with E-state index in [1.807, 2.05) is 40.9 Å². The number of piperazine rings is 1. The van der Waals surface area contributed by atoms with Crippen molar-refractivity contribution in [2.45, 2.75) is 6.54 Å². The molecule has 1 aliphatic rings. The highest BCUT2D eigenvalue weighted by Gasteiger charge is 2.24. The molecular formula is C19H20BrN3OS. The third-order valence-electron chi connectivity index (χ3n) is 4.80. The van der Waals surface area contributed by atoms with Crippen LogP contribution in [0.5, 0.6) is 0 Å². The number of benzene rings is 1. The van der Waals surface area contributed by atoms with Crippen LogP contribution in [0, 0.1) is 0 Å². The summed E-state index contributed by atoms with van der Waals surface area (Å²) in [6.07, 6.45) is 1.96. The summed E-state index contributed by atoms with van der Waals surface area (Å²) in [6.45, 7) is 4.38. The maximum atomic E-state index is 13.0. The van der Waals surface area contributed by atoms with Crippen LogP contribution in [0.25, 0.3) is 10.9 Å². The standard InChI is InChI=1S/C19H20BrN3OS/c1-21-13-16(15-4-2-3-5-17(15)21)19(24)23-10-8-22(9-11-23)12-14-6-7-18(20)25-14/h2-7,13H,8-12H2,1H3. The van der Waals surface area contributed by atoms with E-state index >= 15 is 0 Å². The summed E-state index contributed by atoms with van der Waals surface area (Å²) in [5.74, 6) is 0.148. The van der Waals surface area contributed by atoms with E-state index < -0.39 is 0 Å². The van der Waals surface area contributed by atoms with Crippen LogP contribution in [0.15, 0.2) is 46.4 Å². The molecule has 1 aliphatic heterocycles. The van der Waals surface area contributed by atoms with E-state index in [1.165, 1.54) is 8.66 Å². The molecule has 2 aromatic heterocycles. The molecule has 1 fully saturated rings. The highest BCUT2D eigenvalue weighted by atomic mass is 79.9. The monoisotopic (exact) mass is 417 g/mol. The molecule has 6 heteroatoms. The highest BCUT2D eigenvalue weighted by molar-refractivity contribution is 9.11. The Balaban J connectivity index is 1.44. The SMILES string of the molecule is Cn1cc(C(=O)N2CCN(Cc3ccc(Br)s3)CC2)c2ccccc21. The third-order valence-corrected chi connectivity index (χ3v) is 6.40.